The summed E-state index contributed by atoms with van der Waals surface area (Å²) < 4.78 is 0. The second-order valence-electron chi connectivity index (χ2n) is 3.90. The highest BCUT2D eigenvalue weighted by Crippen LogP contribution is 2.35. The van der Waals surface area contributed by atoms with Crippen molar-refractivity contribution in [1.29, 1.82) is 0 Å². The smallest absolute Gasteiger partial charge is 0.272 e. The molecule has 2 aromatic rings. The normalized spacial score (nSPS) is 10.3. The highest BCUT2D eigenvalue weighted by atomic mass is 35.5. The minimum Gasteiger partial charge on any atom is -0.388 e. The Balaban J connectivity index is 2.34. The first-order valence-electron chi connectivity index (χ1n) is 5.60. The summed E-state index contributed by atoms with van der Waals surface area (Å²) in [4.78, 5) is 12.1. The number of hydrogen-bond donors (Lipinski definition) is 1. The fraction of sp³-hybridized carbons (Fsp3) is 0.0769. The summed E-state index contributed by atoms with van der Waals surface area (Å²) in [6.45, 7) is 0. The van der Waals surface area contributed by atoms with Crippen molar-refractivity contribution in [1.82, 2.24) is 0 Å². The highest BCUT2D eigenvalue weighted by Gasteiger charge is 2.10. The molecule has 0 fully saturated rings. The van der Waals surface area contributed by atoms with Gasteiger partial charge in [-0.3, -0.25) is 10.1 Å². The van der Waals surface area contributed by atoms with Crippen LogP contribution in [0, 0.1) is 10.1 Å². The minimum atomic E-state index is -0.417. The molecule has 0 bridgehead atoms. The zero-order chi connectivity index (χ0) is 14.7. The first-order chi connectivity index (χ1) is 9.49. The molecule has 4 nitrogen and oxygen atoms in total. The molecule has 0 aliphatic carbocycles. The molecule has 104 valence electrons. The van der Waals surface area contributed by atoms with Gasteiger partial charge in [0.2, 0.25) is 0 Å². The van der Waals surface area contributed by atoms with Crippen LogP contribution >= 0.6 is 35.0 Å². The van der Waals surface area contributed by atoms with E-state index in [1.807, 2.05) is 12.1 Å². The van der Waals surface area contributed by atoms with Gasteiger partial charge >= 0.3 is 0 Å². The van der Waals surface area contributed by atoms with Crippen molar-refractivity contribution in [3.8, 4) is 0 Å². The molecule has 0 atom stereocenters. The highest BCUT2D eigenvalue weighted by molar-refractivity contribution is 7.99. The quantitative estimate of drug-likeness (QED) is 0.627. The summed E-state index contributed by atoms with van der Waals surface area (Å²) in [5.41, 5.74) is 0.723. The van der Waals surface area contributed by atoms with Gasteiger partial charge in [0.05, 0.1) is 15.0 Å². The molecule has 0 saturated carbocycles. The van der Waals surface area contributed by atoms with Gasteiger partial charge < -0.3 is 5.32 Å². The van der Waals surface area contributed by atoms with Crippen molar-refractivity contribution in [2.24, 2.45) is 0 Å². The molecule has 7 heteroatoms. The maximum absolute atomic E-state index is 10.9. The third kappa shape index (κ3) is 3.56. The molecule has 1 N–H and O–H groups in total. The summed E-state index contributed by atoms with van der Waals surface area (Å²) in [6, 6.07) is 10.1. The van der Waals surface area contributed by atoms with E-state index < -0.39 is 4.92 Å². The molecular formula is C13H10Cl2N2O2S. The molecule has 0 aliphatic rings. The number of rotatable bonds is 4. The third-order valence-electron chi connectivity index (χ3n) is 2.52. The summed E-state index contributed by atoms with van der Waals surface area (Å²) in [6.07, 6.45) is 0. The largest absolute Gasteiger partial charge is 0.388 e. The van der Waals surface area contributed by atoms with E-state index in [1.54, 1.807) is 19.2 Å². The Bertz CT molecular complexity index is 665. The van der Waals surface area contributed by atoms with E-state index in [1.165, 1.54) is 23.9 Å². The first kappa shape index (κ1) is 15.0. The van der Waals surface area contributed by atoms with Gasteiger partial charge in [-0.2, -0.15) is 0 Å². The number of benzene rings is 2. The Kier molecular flexibility index (Phi) is 4.75. The van der Waals surface area contributed by atoms with Crippen molar-refractivity contribution in [2.75, 3.05) is 12.4 Å². The average molecular weight is 329 g/mol. The predicted molar refractivity (Wildman–Crippen MR) is 83.2 cm³/mol. The number of nitrogens with one attached hydrogen (secondary N) is 1. The maximum atomic E-state index is 10.9. The zero-order valence-electron chi connectivity index (χ0n) is 10.4. The fourth-order valence-electron chi connectivity index (χ4n) is 1.57. The molecule has 0 amide bonds. The SMILES string of the molecule is CNc1cc(Sc2ccc(Cl)c(Cl)c2)cc([N+](=O)[O-])c1. The molecular weight excluding hydrogens is 319 g/mol. The van der Waals surface area contributed by atoms with Crippen LogP contribution in [0.25, 0.3) is 0 Å². The van der Waals surface area contributed by atoms with Crippen molar-refractivity contribution in [3.63, 3.8) is 0 Å². The molecule has 2 aromatic carbocycles. The average Bonchev–Trinajstić information content (AvgIpc) is 2.42. The topological polar surface area (TPSA) is 55.2 Å². The van der Waals surface area contributed by atoms with Crippen LogP contribution in [0.4, 0.5) is 11.4 Å². The van der Waals surface area contributed by atoms with Crippen LogP contribution in [0.1, 0.15) is 0 Å². The van der Waals surface area contributed by atoms with Crippen LogP contribution in [0.3, 0.4) is 0 Å². The van der Waals surface area contributed by atoms with Crippen molar-refractivity contribution >= 4 is 46.3 Å². The lowest BCUT2D eigenvalue weighted by molar-refractivity contribution is -0.385. The Labute approximate surface area is 130 Å². The van der Waals surface area contributed by atoms with Crippen LogP contribution in [0.2, 0.25) is 10.0 Å². The maximum Gasteiger partial charge on any atom is 0.272 e. The van der Waals surface area contributed by atoms with Crippen LogP contribution in [-0.4, -0.2) is 12.0 Å². The van der Waals surface area contributed by atoms with Gasteiger partial charge in [-0.05, 0) is 24.3 Å². The molecule has 20 heavy (non-hydrogen) atoms. The number of nitro benzene ring substituents is 1. The molecule has 0 saturated heterocycles. The second kappa shape index (κ2) is 6.35. The fourth-order valence-corrected chi connectivity index (χ4v) is 2.88. The number of non-ortho nitro benzene ring substituents is 1. The molecule has 0 heterocycles. The lowest BCUT2D eigenvalue weighted by Gasteiger charge is -2.06. The van der Waals surface area contributed by atoms with Gasteiger partial charge in [0.15, 0.2) is 0 Å². The van der Waals surface area contributed by atoms with Gasteiger partial charge in [-0.15, -0.1) is 0 Å². The van der Waals surface area contributed by atoms with Gasteiger partial charge in [0.1, 0.15) is 0 Å². The lowest BCUT2D eigenvalue weighted by atomic mass is 10.3. The van der Waals surface area contributed by atoms with Crippen molar-refractivity contribution in [3.05, 3.63) is 56.6 Å². The number of nitrogens with zero attached hydrogens (tertiary/aromatic N) is 1. The van der Waals surface area contributed by atoms with E-state index >= 15 is 0 Å². The second-order valence-corrected chi connectivity index (χ2v) is 5.86. The Hall–Kier alpha value is -1.43. The van der Waals surface area contributed by atoms with Gasteiger partial charge in [-0.25, -0.2) is 0 Å². The van der Waals surface area contributed by atoms with Crippen LogP contribution in [0.5, 0.6) is 0 Å². The molecule has 0 radical (unpaired) electrons. The Morgan fingerprint density at radius 1 is 1.10 bits per heavy atom. The number of halogens is 2. The van der Waals surface area contributed by atoms with E-state index in [0.29, 0.717) is 15.7 Å². The summed E-state index contributed by atoms with van der Waals surface area (Å²) in [7, 11) is 1.71. The van der Waals surface area contributed by atoms with E-state index in [0.717, 1.165) is 9.79 Å². The number of hydrogen-bond acceptors (Lipinski definition) is 4. The van der Waals surface area contributed by atoms with Gasteiger partial charge in [0.25, 0.3) is 5.69 Å². The van der Waals surface area contributed by atoms with Gasteiger partial charge in [0, 0.05) is 34.7 Å². The summed E-state index contributed by atoms with van der Waals surface area (Å²) in [5.74, 6) is 0. The van der Waals surface area contributed by atoms with Crippen molar-refractivity contribution in [2.45, 2.75) is 9.79 Å². The van der Waals surface area contributed by atoms with Crippen molar-refractivity contribution < 1.29 is 4.92 Å². The molecule has 0 aliphatic heterocycles. The van der Waals surface area contributed by atoms with Gasteiger partial charge in [-0.1, -0.05) is 35.0 Å². The molecule has 0 aromatic heterocycles. The van der Waals surface area contributed by atoms with E-state index in [2.05, 4.69) is 5.32 Å². The predicted octanol–water partition coefficient (Wildman–Crippen LogP) is 5.09. The van der Waals surface area contributed by atoms with E-state index in [9.17, 15) is 10.1 Å². The Morgan fingerprint density at radius 3 is 2.45 bits per heavy atom. The number of nitro groups is 1. The first-order valence-corrected chi connectivity index (χ1v) is 7.17. The lowest BCUT2D eigenvalue weighted by Crippen LogP contribution is -1.93. The summed E-state index contributed by atoms with van der Waals surface area (Å²) >= 11 is 13.2. The Morgan fingerprint density at radius 2 is 1.85 bits per heavy atom. The number of anilines is 1. The third-order valence-corrected chi connectivity index (χ3v) is 4.22. The minimum absolute atomic E-state index is 0.0411. The van der Waals surface area contributed by atoms with Crippen LogP contribution < -0.4 is 5.32 Å². The zero-order valence-corrected chi connectivity index (χ0v) is 12.7. The van der Waals surface area contributed by atoms with E-state index in [4.69, 9.17) is 23.2 Å². The molecule has 2 rings (SSSR count). The molecule has 0 unspecified atom stereocenters. The van der Waals surface area contributed by atoms with E-state index in [-0.39, 0.29) is 5.69 Å². The summed E-state index contributed by atoms with van der Waals surface area (Å²) in [5, 5.41) is 14.7. The monoisotopic (exact) mass is 328 g/mol. The van der Waals surface area contributed by atoms with Crippen LogP contribution in [0.15, 0.2) is 46.2 Å². The van der Waals surface area contributed by atoms with Crippen LogP contribution in [-0.2, 0) is 0 Å². The molecule has 0 spiro atoms. The standard InChI is InChI=1S/C13H10Cl2N2O2S/c1-16-8-4-9(17(18)19)6-11(5-8)20-10-2-3-12(14)13(15)7-10/h2-7,16H,1H3.